The van der Waals surface area contributed by atoms with Crippen LogP contribution in [0.5, 0.6) is 0 Å². The van der Waals surface area contributed by atoms with Crippen molar-refractivity contribution in [3.05, 3.63) is 23.0 Å². The molecule has 0 N–H and O–H groups in total. The molecule has 0 saturated carbocycles. The number of hydrogen-bond donors (Lipinski definition) is 0. The molecule has 78 valence electrons. The molecule has 3 heteroatoms. The SMILES string of the molecule is C=CS/C(C=O)=C\CCC(=O)CCC. The van der Waals surface area contributed by atoms with Gasteiger partial charge in [-0.3, -0.25) is 9.59 Å². The monoisotopic (exact) mass is 212 g/mol. The van der Waals surface area contributed by atoms with E-state index in [0.717, 1.165) is 12.7 Å². The summed E-state index contributed by atoms with van der Waals surface area (Å²) in [6.07, 6.45) is 5.28. The fourth-order valence-electron chi connectivity index (χ4n) is 0.999. The minimum absolute atomic E-state index is 0.262. The lowest BCUT2D eigenvalue weighted by molar-refractivity contribution is -0.119. The molecule has 0 aromatic rings. The smallest absolute Gasteiger partial charge is 0.156 e. The van der Waals surface area contributed by atoms with Crippen LogP contribution in [0.3, 0.4) is 0 Å². The topological polar surface area (TPSA) is 34.1 Å². The number of rotatable bonds is 8. The molecule has 2 nitrogen and oxygen atoms in total. The lowest BCUT2D eigenvalue weighted by Gasteiger charge is -1.96. The molecule has 0 rings (SSSR count). The van der Waals surface area contributed by atoms with E-state index in [9.17, 15) is 9.59 Å². The third-order valence-corrected chi connectivity index (χ3v) is 2.33. The Kier molecular flexibility index (Phi) is 8.24. The van der Waals surface area contributed by atoms with Gasteiger partial charge in [0.2, 0.25) is 0 Å². The second-order valence-electron chi connectivity index (χ2n) is 2.84. The highest BCUT2D eigenvalue weighted by atomic mass is 32.2. The first kappa shape index (κ1) is 13.2. The Morgan fingerprint density at radius 1 is 1.43 bits per heavy atom. The van der Waals surface area contributed by atoms with Gasteiger partial charge in [0.05, 0.1) is 0 Å². The normalized spacial score (nSPS) is 11.1. The van der Waals surface area contributed by atoms with Gasteiger partial charge in [-0.1, -0.05) is 31.3 Å². The Balaban J connectivity index is 3.82. The van der Waals surface area contributed by atoms with E-state index < -0.39 is 0 Å². The Bertz CT molecular complexity index is 231. The molecule has 0 amide bonds. The molecule has 0 aromatic heterocycles. The van der Waals surface area contributed by atoms with Crippen molar-refractivity contribution in [2.24, 2.45) is 0 Å². The average molecular weight is 212 g/mol. The summed E-state index contributed by atoms with van der Waals surface area (Å²) in [4.78, 5) is 22.2. The maximum absolute atomic E-state index is 11.1. The maximum atomic E-state index is 11.1. The van der Waals surface area contributed by atoms with E-state index in [0.29, 0.717) is 24.2 Å². The maximum Gasteiger partial charge on any atom is 0.156 e. The predicted molar refractivity (Wildman–Crippen MR) is 61.1 cm³/mol. The lowest BCUT2D eigenvalue weighted by Crippen LogP contribution is -1.95. The van der Waals surface area contributed by atoms with E-state index in [1.807, 2.05) is 6.92 Å². The van der Waals surface area contributed by atoms with Crippen molar-refractivity contribution in [3.63, 3.8) is 0 Å². The zero-order chi connectivity index (χ0) is 10.8. The third kappa shape index (κ3) is 6.66. The average Bonchev–Trinajstić information content (AvgIpc) is 2.17. The van der Waals surface area contributed by atoms with Crippen molar-refractivity contribution < 1.29 is 9.59 Å². The fraction of sp³-hybridized carbons (Fsp3) is 0.455. The molecule has 0 aliphatic carbocycles. The van der Waals surface area contributed by atoms with Crippen molar-refractivity contribution in [3.8, 4) is 0 Å². The van der Waals surface area contributed by atoms with E-state index in [1.54, 1.807) is 11.5 Å². The molecule has 0 aliphatic rings. The lowest BCUT2D eigenvalue weighted by atomic mass is 10.1. The molecule has 14 heavy (non-hydrogen) atoms. The summed E-state index contributed by atoms with van der Waals surface area (Å²) < 4.78 is 0. The van der Waals surface area contributed by atoms with Crippen LogP contribution in [0, 0.1) is 0 Å². The molecule has 0 bridgehead atoms. The van der Waals surface area contributed by atoms with Crippen LogP contribution in [0.4, 0.5) is 0 Å². The van der Waals surface area contributed by atoms with Gasteiger partial charge >= 0.3 is 0 Å². The number of hydrogen-bond acceptors (Lipinski definition) is 3. The summed E-state index contributed by atoms with van der Waals surface area (Å²) in [5.74, 6) is 0.262. The van der Waals surface area contributed by atoms with Crippen LogP contribution in [0.2, 0.25) is 0 Å². The zero-order valence-electron chi connectivity index (χ0n) is 8.49. The van der Waals surface area contributed by atoms with Crippen LogP contribution in [-0.2, 0) is 9.59 Å². The second kappa shape index (κ2) is 8.75. The molecule has 0 atom stereocenters. The van der Waals surface area contributed by atoms with Gasteiger partial charge in [-0.25, -0.2) is 0 Å². The van der Waals surface area contributed by atoms with E-state index in [-0.39, 0.29) is 5.78 Å². The quantitative estimate of drug-likeness (QED) is 0.458. The molecule has 0 fully saturated rings. The van der Waals surface area contributed by atoms with Gasteiger partial charge in [0.25, 0.3) is 0 Å². The number of carbonyl (C=O) groups is 2. The number of allylic oxidation sites excluding steroid dienone is 2. The number of Topliss-reactive ketones (excluding diaryl/α,β-unsaturated/α-hetero) is 1. The molecule has 0 unspecified atom stereocenters. The summed E-state index contributed by atoms with van der Waals surface area (Å²) in [7, 11) is 0. The van der Waals surface area contributed by atoms with Crippen molar-refractivity contribution in [2.75, 3.05) is 0 Å². The van der Waals surface area contributed by atoms with Crippen LogP contribution < -0.4 is 0 Å². The molecule has 0 heterocycles. The number of carbonyl (C=O) groups excluding carboxylic acids is 2. The van der Waals surface area contributed by atoms with Gasteiger partial charge in [-0.05, 0) is 18.2 Å². The summed E-state index contributed by atoms with van der Waals surface area (Å²) in [5, 5.41) is 1.61. The first-order valence-electron chi connectivity index (χ1n) is 4.69. The minimum atomic E-state index is 0.262. The largest absolute Gasteiger partial charge is 0.300 e. The van der Waals surface area contributed by atoms with Crippen LogP contribution in [0.15, 0.2) is 23.0 Å². The van der Waals surface area contributed by atoms with Crippen molar-refractivity contribution in [2.45, 2.75) is 32.6 Å². The van der Waals surface area contributed by atoms with E-state index in [2.05, 4.69) is 6.58 Å². The van der Waals surface area contributed by atoms with Gasteiger partial charge in [-0.15, -0.1) is 0 Å². The second-order valence-corrected chi connectivity index (χ2v) is 3.88. The third-order valence-electron chi connectivity index (χ3n) is 1.63. The molecule has 0 radical (unpaired) electrons. The minimum Gasteiger partial charge on any atom is -0.300 e. The van der Waals surface area contributed by atoms with Crippen LogP contribution in [0.1, 0.15) is 32.6 Å². The Morgan fingerprint density at radius 3 is 2.64 bits per heavy atom. The Morgan fingerprint density at radius 2 is 2.14 bits per heavy atom. The summed E-state index contributed by atoms with van der Waals surface area (Å²) in [6, 6.07) is 0. The van der Waals surface area contributed by atoms with Crippen LogP contribution in [0.25, 0.3) is 0 Å². The van der Waals surface area contributed by atoms with E-state index in [1.165, 1.54) is 11.8 Å². The number of thioether (sulfide) groups is 1. The molecule has 0 spiro atoms. The molecule has 0 saturated heterocycles. The Hall–Kier alpha value is -0.830. The Labute approximate surface area is 89.5 Å². The highest BCUT2D eigenvalue weighted by molar-refractivity contribution is 8.06. The highest BCUT2D eigenvalue weighted by Gasteiger charge is 1.99. The first-order valence-corrected chi connectivity index (χ1v) is 5.57. The summed E-state index contributed by atoms with van der Waals surface area (Å²) in [5.41, 5.74) is 0. The van der Waals surface area contributed by atoms with Crippen LogP contribution in [-0.4, -0.2) is 12.1 Å². The van der Waals surface area contributed by atoms with Gasteiger partial charge in [0.15, 0.2) is 6.29 Å². The summed E-state index contributed by atoms with van der Waals surface area (Å²) in [6.45, 7) is 5.50. The van der Waals surface area contributed by atoms with Crippen molar-refractivity contribution >= 4 is 23.8 Å². The first-order chi connectivity index (χ1) is 6.74. The number of aldehydes is 1. The van der Waals surface area contributed by atoms with Gasteiger partial charge in [-0.2, -0.15) is 0 Å². The fourth-order valence-corrected chi connectivity index (χ4v) is 1.46. The number of ketones is 1. The van der Waals surface area contributed by atoms with Gasteiger partial charge < -0.3 is 0 Å². The van der Waals surface area contributed by atoms with E-state index >= 15 is 0 Å². The van der Waals surface area contributed by atoms with Gasteiger partial charge in [0.1, 0.15) is 5.78 Å². The molecular weight excluding hydrogens is 196 g/mol. The molecular formula is C11H16O2S. The predicted octanol–water partition coefficient (Wildman–Crippen LogP) is 3.10. The molecule has 0 aromatic carbocycles. The highest BCUT2D eigenvalue weighted by Crippen LogP contribution is 2.14. The van der Waals surface area contributed by atoms with Crippen molar-refractivity contribution in [1.82, 2.24) is 0 Å². The van der Waals surface area contributed by atoms with Crippen LogP contribution >= 0.6 is 11.8 Å². The van der Waals surface area contributed by atoms with Crippen molar-refractivity contribution in [1.29, 1.82) is 0 Å². The zero-order valence-corrected chi connectivity index (χ0v) is 9.31. The molecule has 0 aliphatic heterocycles. The summed E-state index contributed by atoms with van der Waals surface area (Å²) >= 11 is 1.29. The van der Waals surface area contributed by atoms with Gasteiger partial charge in [0, 0.05) is 17.7 Å². The van der Waals surface area contributed by atoms with E-state index in [4.69, 9.17) is 0 Å². The standard InChI is InChI=1S/C11H16O2S/c1-3-6-10(13)7-5-8-11(9-12)14-4-2/h4,8-9H,2-3,5-7H2,1H3/b11-8-.